The Kier molecular flexibility index (Phi) is 2.97. The molecule has 0 saturated heterocycles. The quantitative estimate of drug-likeness (QED) is 0.802. The van der Waals surface area contributed by atoms with Crippen molar-refractivity contribution >= 4 is 33.2 Å². The number of hydrogen-bond donors (Lipinski definition) is 1. The summed E-state index contributed by atoms with van der Waals surface area (Å²) < 4.78 is 14.6. The number of nitrogens with one attached hydrogen (secondary N) is 1. The molecule has 0 amide bonds. The van der Waals surface area contributed by atoms with E-state index in [0.29, 0.717) is 28.8 Å². The smallest absolute Gasteiger partial charge is 0.160 e. The Morgan fingerprint density at radius 2 is 2.17 bits per heavy atom. The van der Waals surface area contributed by atoms with Gasteiger partial charge in [0.1, 0.15) is 11.0 Å². The molecule has 3 nitrogen and oxygen atoms in total. The van der Waals surface area contributed by atoms with Gasteiger partial charge in [0.15, 0.2) is 5.82 Å². The second-order valence-corrected chi connectivity index (χ2v) is 5.19. The van der Waals surface area contributed by atoms with Gasteiger partial charge in [-0.3, -0.25) is 0 Å². The highest BCUT2D eigenvalue weighted by molar-refractivity contribution is 9.11. The van der Waals surface area contributed by atoms with E-state index in [2.05, 4.69) is 26.3 Å². The van der Waals surface area contributed by atoms with Gasteiger partial charge in [0, 0.05) is 11.6 Å². The van der Waals surface area contributed by atoms with Gasteiger partial charge in [-0.05, 0) is 12.1 Å². The van der Waals surface area contributed by atoms with Gasteiger partial charge in [-0.15, -0.1) is 0 Å². The fourth-order valence-electron chi connectivity index (χ4n) is 1.84. The Morgan fingerprint density at radius 1 is 1.39 bits per heavy atom. The Bertz CT molecular complexity index is 609. The van der Waals surface area contributed by atoms with E-state index >= 15 is 0 Å². The summed E-state index contributed by atoms with van der Waals surface area (Å²) in [6, 6.07) is 6.50. The van der Waals surface area contributed by atoms with E-state index in [0.717, 1.165) is 4.48 Å². The minimum Gasteiger partial charge on any atom is -0.247 e. The highest BCUT2D eigenvalue weighted by atomic mass is 79.9. The van der Waals surface area contributed by atoms with E-state index in [4.69, 9.17) is 11.6 Å². The van der Waals surface area contributed by atoms with Crippen LogP contribution in [0.1, 0.15) is 5.56 Å². The van der Waals surface area contributed by atoms with Gasteiger partial charge in [-0.2, -0.15) is 0 Å². The van der Waals surface area contributed by atoms with Crippen LogP contribution in [0.3, 0.4) is 0 Å². The summed E-state index contributed by atoms with van der Waals surface area (Å²) in [6.45, 7) is 0.618. The van der Waals surface area contributed by atoms with Gasteiger partial charge in [-0.1, -0.05) is 39.7 Å². The van der Waals surface area contributed by atoms with Crippen LogP contribution in [-0.2, 0) is 0 Å². The van der Waals surface area contributed by atoms with Crippen LogP contribution in [-0.4, -0.2) is 17.3 Å². The van der Waals surface area contributed by atoms with E-state index in [1.165, 1.54) is 6.07 Å². The number of allylic oxidation sites excluding steroid dienone is 1. The third-order valence-electron chi connectivity index (χ3n) is 2.69. The predicted octanol–water partition coefficient (Wildman–Crippen LogP) is 3.09. The van der Waals surface area contributed by atoms with E-state index in [9.17, 15) is 4.39 Å². The zero-order valence-electron chi connectivity index (χ0n) is 9.12. The van der Waals surface area contributed by atoms with Gasteiger partial charge in [-0.25, -0.2) is 19.8 Å². The maximum Gasteiger partial charge on any atom is 0.160 e. The van der Waals surface area contributed by atoms with Crippen LogP contribution < -0.4 is 5.43 Å². The molecule has 18 heavy (non-hydrogen) atoms. The standard InChI is InChI=1S/C12H8BrClFN3/c13-8-6-16-18-11(14)5-10(17-12(8)18)7-3-1-2-4-9(7)15/h1-5,16H,6H2. The first-order valence-electron chi connectivity index (χ1n) is 5.30. The number of rotatable bonds is 1. The van der Waals surface area contributed by atoms with Crippen LogP contribution in [0.4, 0.5) is 4.39 Å². The summed E-state index contributed by atoms with van der Waals surface area (Å²) in [5, 5.41) is 2.13. The molecule has 92 valence electrons. The van der Waals surface area contributed by atoms with E-state index < -0.39 is 0 Å². The van der Waals surface area contributed by atoms with Crippen molar-refractivity contribution in [2.45, 2.75) is 0 Å². The van der Waals surface area contributed by atoms with Crippen molar-refractivity contribution in [1.29, 1.82) is 0 Å². The molecular weight excluding hydrogens is 321 g/mol. The van der Waals surface area contributed by atoms with Gasteiger partial charge >= 0.3 is 0 Å². The van der Waals surface area contributed by atoms with Crippen molar-refractivity contribution in [2.24, 2.45) is 4.99 Å². The molecule has 0 bridgehead atoms. The predicted molar refractivity (Wildman–Crippen MR) is 72.7 cm³/mol. The molecule has 0 aromatic heterocycles. The van der Waals surface area contributed by atoms with Gasteiger partial charge in [0.2, 0.25) is 0 Å². The molecule has 0 spiro atoms. The maximum absolute atomic E-state index is 13.7. The molecule has 1 aromatic carbocycles. The fourth-order valence-corrected chi connectivity index (χ4v) is 2.48. The van der Waals surface area contributed by atoms with E-state index in [1.807, 2.05) is 0 Å². The highest BCUT2D eigenvalue weighted by Gasteiger charge is 2.27. The number of benzene rings is 1. The molecule has 0 saturated carbocycles. The van der Waals surface area contributed by atoms with Crippen molar-refractivity contribution in [3.63, 3.8) is 0 Å². The maximum atomic E-state index is 13.7. The number of hydrazine groups is 1. The summed E-state index contributed by atoms with van der Waals surface area (Å²) in [4.78, 5) is 4.42. The van der Waals surface area contributed by atoms with Crippen molar-refractivity contribution in [2.75, 3.05) is 6.54 Å². The Balaban J connectivity index is 2.12. The van der Waals surface area contributed by atoms with E-state index in [1.54, 1.807) is 29.3 Å². The minimum absolute atomic E-state index is 0.312. The largest absolute Gasteiger partial charge is 0.247 e. The molecule has 1 aromatic rings. The molecule has 2 heterocycles. The second-order valence-electron chi connectivity index (χ2n) is 3.84. The fraction of sp³-hybridized carbons (Fsp3) is 0.0833. The van der Waals surface area contributed by atoms with E-state index in [-0.39, 0.29) is 5.82 Å². The average Bonchev–Trinajstić information content (AvgIpc) is 2.72. The number of hydrogen-bond acceptors (Lipinski definition) is 3. The summed E-state index contributed by atoms with van der Waals surface area (Å²) >= 11 is 9.56. The lowest BCUT2D eigenvalue weighted by Crippen LogP contribution is -2.31. The summed E-state index contributed by atoms with van der Waals surface area (Å²) in [6.07, 6.45) is 1.64. The lowest BCUT2D eigenvalue weighted by molar-refractivity contribution is 0.371. The lowest BCUT2D eigenvalue weighted by Gasteiger charge is -2.23. The van der Waals surface area contributed by atoms with Crippen LogP contribution in [0.5, 0.6) is 0 Å². The zero-order chi connectivity index (χ0) is 12.7. The van der Waals surface area contributed by atoms with Crippen LogP contribution in [0.25, 0.3) is 0 Å². The molecular formula is C12H8BrClFN3. The van der Waals surface area contributed by atoms with Gasteiger partial charge < -0.3 is 0 Å². The normalized spacial score (nSPS) is 18.7. The molecule has 0 fully saturated rings. The SMILES string of the molecule is Fc1ccccc1C1=NC2=C(Br)CNN2C(Cl)=C1. The Morgan fingerprint density at radius 3 is 2.94 bits per heavy atom. The van der Waals surface area contributed by atoms with Crippen molar-refractivity contribution in [1.82, 2.24) is 10.4 Å². The first-order chi connectivity index (χ1) is 8.66. The highest BCUT2D eigenvalue weighted by Crippen LogP contribution is 2.31. The third-order valence-corrected chi connectivity index (χ3v) is 3.61. The Labute approximate surface area is 117 Å². The average molecular weight is 329 g/mol. The lowest BCUT2D eigenvalue weighted by atomic mass is 10.1. The van der Waals surface area contributed by atoms with Crippen molar-refractivity contribution < 1.29 is 4.39 Å². The molecule has 0 unspecified atom stereocenters. The van der Waals surface area contributed by atoms with Crippen LogP contribution in [0, 0.1) is 5.82 Å². The van der Waals surface area contributed by atoms with Crippen LogP contribution in [0.15, 0.2) is 50.8 Å². The number of fused-ring (bicyclic) bond motifs is 1. The van der Waals surface area contributed by atoms with Crippen molar-refractivity contribution in [3.05, 3.63) is 57.2 Å². The zero-order valence-corrected chi connectivity index (χ0v) is 11.5. The molecule has 1 N–H and O–H groups in total. The second kappa shape index (κ2) is 4.50. The summed E-state index contributed by atoms with van der Waals surface area (Å²) in [7, 11) is 0. The molecule has 0 atom stereocenters. The van der Waals surface area contributed by atoms with Crippen LogP contribution in [0.2, 0.25) is 0 Å². The van der Waals surface area contributed by atoms with Crippen LogP contribution >= 0.6 is 27.5 Å². The summed E-state index contributed by atoms with van der Waals surface area (Å²) in [5.41, 5.74) is 4.01. The topological polar surface area (TPSA) is 27.6 Å². The molecule has 0 aliphatic carbocycles. The molecule has 3 rings (SSSR count). The minimum atomic E-state index is -0.312. The third kappa shape index (κ3) is 1.88. The van der Waals surface area contributed by atoms with Gasteiger partial charge in [0.25, 0.3) is 0 Å². The monoisotopic (exact) mass is 327 g/mol. The molecule has 2 aliphatic rings. The number of nitrogens with zero attached hydrogens (tertiary/aromatic N) is 2. The summed E-state index contributed by atoms with van der Waals surface area (Å²) in [5.74, 6) is 0.355. The van der Waals surface area contributed by atoms with Gasteiger partial charge in [0.05, 0.1) is 16.7 Å². The molecule has 2 aliphatic heterocycles. The molecule has 6 heteroatoms. The number of halogens is 3. The number of aliphatic imine (C=N–C) groups is 1. The molecule has 0 radical (unpaired) electrons. The van der Waals surface area contributed by atoms with Crippen molar-refractivity contribution in [3.8, 4) is 0 Å². The first-order valence-corrected chi connectivity index (χ1v) is 6.47. The first kappa shape index (κ1) is 11.9. The Hall–Kier alpha value is -1.17.